The van der Waals surface area contributed by atoms with Crippen molar-refractivity contribution in [2.75, 3.05) is 62.2 Å². The highest BCUT2D eigenvalue weighted by molar-refractivity contribution is 5.94. The Morgan fingerprint density at radius 2 is 0.930 bits per heavy atom. The average molecular weight is 989 g/mol. The standard InChI is InChI=1S/2C25H25FN6O3.ClH/c2*1-2-30-14-20(25(34)35)24(33)19-11-21(26)23(12-22(19)30)31-9-7-29(8-10-31)13-17-3-5-18(6-4-17)32-16-27-15-28-32;/h2*3-6,11-12,14-16H,2,7-10,13H2,1H3,(H,34,35);1H. The van der Waals surface area contributed by atoms with Crippen LogP contribution in [0.4, 0.5) is 20.2 Å². The van der Waals surface area contributed by atoms with E-state index in [9.17, 15) is 29.4 Å². The van der Waals surface area contributed by atoms with Gasteiger partial charge in [-0.25, -0.2) is 37.7 Å². The van der Waals surface area contributed by atoms with Crippen molar-refractivity contribution in [2.24, 2.45) is 0 Å². The van der Waals surface area contributed by atoms with Crippen LogP contribution in [-0.2, 0) is 26.2 Å². The van der Waals surface area contributed by atoms with Gasteiger partial charge in [0.25, 0.3) is 0 Å². The number of carbonyl (C=O) groups is 2. The van der Waals surface area contributed by atoms with E-state index in [0.717, 1.165) is 50.6 Å². The van der Waals surface area contributed by atoms with Gasteiger partial charge in [-0.1, -0.05) is 24.3 Å². The van der Waals surface area contributed by atoms with E-state index >= 15 is 8.78 Å². The summed E-state index contributed by atoms with van der Waals surface area (Å²) >= 11 is 0. The second-order valence-corrected chi connectivity index (χ2v) is 17.1. The van der Waals surface area contributed by atoms with Crippen LogP contribution < -0.4 is 20.7 Å². The van der Waals surface area contributed by atoms with Crippen molar-refractivity contribution in [3.63, 3.8) is 0 Å². The summed E-state index contributed by atoms with van der Waals surface area (Å²) in [5.74, 6) is -3.66. The fourth-order valence-corrected chi connectivity index (χ4v) is 9.11. The zero-order valence-electron chi connectivity index (χ0n) is 38.9. The van der Waals surface area contributed by atoms with Gasteiger partial charge >= 0.3 is 11.9 Å². The molecule has 2 saturated heterocycles. The molecule has 368 valence electrons. The molecular weight excluding hydrogens is 938 g/mol. The van der Waals surface area contributed by atoms with Crippen LogP contribution in [0.25, 0.3) is 33.2 Å². The number of fused-ring (bicyclic) bond motifs is 2. The first-order chi connectivity index (χ1) is 33.9. The largest absolute Gasteiger partial charge is 0.477 e. The van der Waals surface area contributed by atoms with Gasteiger partial charge in [0.05, 0.1) is 33.8 Å². The zero-order chi connectivity index (χ0) is 49.1. The molecule has 4 aromatic carbocycles. The van der Waals surface area contributed by atoms with E-state index < -0.39 is 34.4 Å². The highest BCUT2D eigenvalue weighted by Crippen LogP contribution is 2.29. The molecule has 10 rings (SSSR count). The Kier molecular flexibility index (Phi) is 15.0. The maximum Gasteiger partial charge on any atom is 0.341 e. The van der Waals surface area contributed by atoms with E-state index in [0.29, 0.717) is 61.7 Å². The number of pyridine rings is 2. The van der Waals surface area contributed by atoms with Crippen molar-refractivity contribution in [3.8, 4) is 11.4 Å². The molecule has 21 heteroatoms. The highest BCUT2D eigenvalue weighted by atomic mass is 35.5. The Labute approximate surface area is 411 Å². The third-order valence-electron chi connectivity index (χ3n) is 12.9. The van der Waals surface area contributed by atoms with Crippen molar-refractivity contribution < 1.29 is 28.6 Å². The van der Waals surface area contributed by atoms with Crippen molar-refractivity contribution in [1.29, 1.82) is 0 Å². The lowest BCUT2D eigenvalue weighted by Crippen LogP contribution is -2.46. The molecule has 2 fully saturated rings. The maximum absolute atomic E-state index is 15.1. The number of benzene rings is 4. The average Bonchev–Trinajstić information content (AvgIpc) is 4.12. The van der Waals surface area contributed by atoms with Gasteiger partial charge < -0.3 is 29.1 Å². The molecule has 0 atom stereocenters. The number of piperazine rings is 2. The fourth-order valence-electron chi connectivity index (χ4n) is 9.11. The summed E-state index contributed by atoms with van der Waals surface area (Å²) < 4.78 is 37.0. The molecule has 0 saturated carbocycles. The van der Waals surface area contributed by atoms with E-state index in [-0.39, 0.29) is 34.3 Å². The molecule has 18 nitrogen and oxygen atoms in total. The van der Waals surface area contributed by atoms with Crippen LogP contribution in [0, 0.1) is 11.6 Å². The van der Waals surface area contributed by atoms with Gasteiger partial charge in [-0.2, -0.15) is 10.2 Å². The number of aromatic carboxylic acids is 2. The predicted octanol–water partition coefficient (Wildman–Crippen LogP) is 5.95. The second-order valence-electron chi connectivity index (χ2n) is 17.1. The van der Waals surface area contributed by atoms with E-state index in [1.54, 1.807) is 43.3 Å². The number of halogens is 3. The summed E-state index contributed by atoms with van der Waals surface area (Å²) in [6.07, 6.45) is 8.98. The fraction of sp³-hybridized carbons (Fsp3) is 0.280. The number of nitrogens with zero attached hydrogens (tertiary/aromatic N) is 12. The number of carboxylic acid groups (broad SMARTS) is 2. The molecule has 8 aromatic rings. The Bertz CT molecular complexity index is 3080. The number of rotatable bonds is 12. The van der Waals surface area contributed by atoms with E-state index in [1.165, 1.54) is 48.3 Å². The summed E-state index contributed by atoms with van der Waals surface area (Å²) in [4.78, 5) is 64.6. The van der Waals surface area contributed by atoms with Gasteiger partial charge in [0.1, 0.15) is 48.1 Å². The molecule has 0 aliphatic carbocycles. The predicted molar refractivity (Wildman–Crippen MR) is 267 cm³/mol. The van der Waals surface area contributed by atoms with Gasteiger partial charge in [0.15, 0.2) is 0 Å². The monoisotopic (exact) mass is 988 g/mol. The van der Waals surface area contributed by atoms with Crippen LogP contribution in [0.5, 0.6) is 0 Å². The summed E-state index contributed by atoms with van der Waals surface area (Å²) in [5, 5.41) is 27.1. The van der Waals surface area contributed by atoms with Crippen molar-refractivity contribution in [1.82, 2.24) is 48.5 Å². The molecule has 2 aliphatic rings. The number of aromatic nitrogens is 8. The summed E-state index contributed by atoms with van der Waals surface area (Å²) in [7, 11) is 0. The van der Waals surface area contributed by atoms with E-state index in [2.05, 4.69) is 54.2 Å². The molecule has 6 heterocycles. The third-order valence-corrected chi connectivity index (χ3v) is 12.9. The Hall–Kier alpha value is -7.81. The maximum atomic E-state index is 15.1. The van der Waals surface area contributed by atoms with Gasteiger partial charge in [0, 0.05) is 102 Å². The van der Waals surface area contributed by atoms with Crippen LogP contribution in [-0.4, -0.2) is 123 Å². The third kappa shape index (κ3) is 10.5. The molecule has 2 aliphatic heterocycles. The van der Waals surface area contributed by atoms with Gasteiger partial charge in [-0.3, -0.25) is 19.4 Å². The minimum Gasteiger partial charge on any atom is -0.477 e. The minimum absolute atomic E-state index is 0. The quantitative estimate of drug-likeness (QED) is 0.146. The molecule has 2 N–H and O–H groups in total. The number of aryl methyl sites for hydroxylation is 2. The normalized spacial score (nSPS) is 14.3. The highest BCUT2D eigenvalue weighted by Gasteiger charge is 2.25. The number of carboxylic acids is 2. The summed E-state index contributed by atoms with van der Waals surface area (Å²) in [5.41, 5.74) is 4.16. The molecule has 0 spiro atoms. The lowest BCUT2D eigenvalue weighted by atomic mass is 10.1. The van der Waals surface area contributed by atoms with Crippen LogP contribution in [0.1, 0.15) is 45.7 Å². The molecule has 71 heavy (non-hydrogen) atoms. The van der Waals surface area contributed by atoms with E-state index in [1.807, 2.05) is 47.9 Å². The van der Waals surface area contributed by atoms with Crippen molar-refractivity contribution in [3.05, 3.63) is 165 Å². The molecular formula is C50H51ClF2N12O6. The summed E-state index contributed by atoms with van der Waals surface area (Å²) in [6, 6.07) is 22.0. The van der Waals surface area contributed by atoms with Crippen LogP contribution in [0.15, 0.2) is 120 Å². The lowest BCUT2D eigenvalue weighted by Gasteiger charge is -2.36. The summed E-state index contributed by atoms with van der Waals surface area (Å²) in [6.45, 7) is 11.8. The molecule has 0 amide bonds. The topological polar surface area (TPSA) is 193 Å². The first kappa shape index (κ1) is 49.6. The van der Waals surface area contributed by atoms with E-state index in [4.69, 9.17) is 0 Å². The Balaban J connectivity index is 0.000000188. The first-order valence-electron chi connectivity index (χ1n) is 22.9. The smallest absolute Gasteiger partial charge is 0.341 e. The van der Waals surface area contributed by atoms with Crippen LogP contribution in [0.2, 0.25) is 0 Å². The van der Waals surface area contributed by atoms with Crippen molar-refractivity contribution >= 4 is 57.5 Å². The molecule has 0 radical (unpaired) electrons. The zero-order valence-corrected chi connectivity index (χ0v) is 39.8. The number of hydrogen-bond acceptors (Lipinski definition) is 12. The number of hydrogen-bond donors (Lipinski definition) is 2. The molecule has 0 bridgehead atoms. The SMILES string of the molecule is CCn1cc(C(=O)O)c(=O)c2cc(F)c(N3CCN(Cc4ccc(-n5cncn5)cc4)CC3)cc21.CCn1cc(C(=O)O)c(=O)c2cc(F)c(N3CCN(Cc4ccc(-n5cncn5)cc4)CC3)cc21.Cl. The Morgan fingerprint density at radius 3 is 1.24 bits per heavy atom. The Morgan fingerprint density at radius 1 is 0.563 bits per heavy atom. The van der Waals surface area contributed by atoms with Gasteiger partial charge in [0.2, 0.25) is 10.9 Å². The van der Waals surface area contributed by atoms with Crippen LogP contribution >= 0.6 is 12.4 Å². The minimum atomic E-state index is -1.31. The first-order valence-corrected chi connectivity index (χ1v) is 22.9. The van der Waals surface area contributed by atoms with Gasteiger partial charge in [-0.05, 0) is 73.5 Å². The molecule has 4 aromatic heterocycles. The van der Waals surface area contributed by atoms with Crippen LogP contribution in [0.3, 0.4) is 0 Å². The van der Waals surface area contributed by atoms with Crippen molar-refractivity contribution in [2.45, 2.75) is 40.0 Å². The van der Waals surface area contributed by atoms with Gasteiger partial charge in [-0.15, -0.1) is 12.4 Å². The molecule has 0 unspecified atom stereocenters. The lowest BCUT2D eigenvalue weighted by molar-refractivity contribution is 0.0684. The second kappa shape index (κ2) is 21.5. The number of anilines is 2.